The molecule has 3 heteroatoms. The van der Waals surface area contributed by atoms with E-state index in [0.29, 0.717) is 19.4 Å². The van der Waals surface area contributed by atoms with Gasteiger partial charge in [-0.15, -0.1) is 12.3 Å². The number of ether oxygens (including phenoxy) is 2. The minimum atomic E-state index is -0.609. The molecule has 0 amide bonds. The van der Waals surface area contributed by atoms with Gasteiger partial charge in [0.05, 0.1) is 12.7 Å². The molecule has 1 aromatic carbocycles. The van der Waals surface area contributed by atoms with Crippen molar-refractivity contribution in [3.05, 3.63) is 23.3 Å². The largest absolute Gasteiger partial charge is 0.493 e. The van der Waals surface area contributed by atoms with Crippen molar-refractivity contribution >= 4 is 0 Å². The van der Waals surface area contributed by atoms with Crippen LogP contribution >= 0.6 is 0 Å². The van der Waals surface area contributed by atoms with E-state index in [2.05, 4.69) is 5.92 Å². The summed E-state index contributed by atoms with van der Waals surface area (Å²) >= 11 is 0. The summed E-state index contributed by atoms with van der Waals surface area (Å²) in [5.41, 5.74) is 1.91. The zero-order chi connectivity index (χ0) is 13.8. The van der Waals surface area contributed by atoms with Crippen LogP contribution in [0, 0.1) is 12.3 Å². The summed E-state index contributed by atoms with van der Waals surface area (Å²) in [7, 11) is 0. The lowest BCUT2D eigenvalue weighted by molar-refractivity contribution is 0.163. The van der Waals surface area contributed by atoms with Gasteiger partial charge in [0.1, 0.15) is 17.6 Å². The standard InChI is InChI=1S/C16H20O3/c1-4-6-7-14(17)13-10-15-12(8-11(3)19-15)9-16(13)18-5-2/h1,9-11,14,17H,5-8H2,2-3H3. The van der Waals surface area contributed by atoms with Crippen LogP contribution in [0.3, 0.4) is 0 Å². The zero-order valence-electron chi connectivity index (χ0n) is 11.5. The minimum absolute atomic E-state index is 0.183. The van der Waals surface area contributed by atoms with Crippen LogP contribution in [0.2, 0.25) is 0 Å². The van der Waals surface area contributed by atoms with E-state index in [1.165, 1.54) is 0 Å². The van der Waals surface area contributed by atoms with Crippen LogP contribution in [0.15, 0.2) is 12.1 Å². The molecule has 102 valence electrons. The minimum Gasteiger partial charge on any atom is -0.493 e. The molecule has 0 saturated carbocycles. The summed E-state index contributed by atoms with van der Waals surface area (Å²) in [5.74, 6) is 4.14. The first kappa shape index (κ1) is 13.8. The number of hydrogen-bond acceptors (Lipinski definition) is 3. The maximum Gasteiger partial charge on any atom is 0.125 e. The lowest BCUT2D eigenvalue weighted by Crippen LogP contribution is -2.05. The van der Waals surface area contributed by atoms with Crippen molar-refractivity contribution < 1.29 is 14.6 Å². The molecule has 3 nitrogen and oxygen atoms in total. The highest BCUT2D eigenvalue weighted by molar-refractivity contribution is 5.49. The molecular weight excluding hydrogens is 240 g/mol. The molecule has 0 saturated heterocycles. The molecule has 2 atom stereocenters. The molecule has 0 radical (unpaired) electrons. The Bertz CT molecular complexity index is 488. The summed E-state index contributed by atoms with van der Waals surface area (Å²) in [6, 6.07) is 3.88. The van der Waals surface area contributed by atoms with Gasteiger partial charge in [-0.05, 0) is 32.4 Å². The molecule has 1 aliphatic rings. The third-order valence-corrected chi connectivity index (χ3v) is 3.25. The zero-order valence-corrected chi connectivity index (χ0v) is 11.5. The predicted octanol–water partition coefficient (Wildman–Crippen LogP) is 2.86. The molecule has 2 unspecified atom stereocenters. The molecular formula is C16H20O3. The Balaban J connectivity index is 2.30. The highest BCUT2D eigenvalue weighted by Crippen LogP contribution is 2.38. The fraction of sp³-hybridized carbons (Fsp3) is 0.500. The quantitative estimate of drug-likeness (QED) is 0.827. The molecule has 19 heavy (non-hydrogen) atoms. The van der Waals surface area contributed by atoms with Crippen molar-refractivity contribution in [1.82, 2.24) is 0 Å². The predicted molar refractivity (Wildman–Crippen MR) is 74.4 cm³/mol. The average molecular weight is 260 g/mol. The van der Waals surface area contributed by atoms with Gasteiger partial charge in [-0.3, -0.25) is 0 Å². The maximum absolute atomic E-state index is 10.2. The summed E-state index contributed by atoms with van der Waals surface area (Å²) < 4.78 is 11.4. The van der Waals surface area contributed by atoms with Gasteiger partial charge in [0.15, 0.2) is 0 Å². The summed E-state index contributed by atoms with van der Waals surface area (Å²) in [4.78, 5) is 0. The van der Waals surface area contributed by atoms with Crippen molar-refractivity contribution in [2.45, 2.75) is 45.3 Å². The van der Waals surface area contributed by atoms with Gasteiger partial charge >= 0.3 is 0 Å². The van der Waals surface area contributed by atoms with Crippen molar-refractivity contribution in [3.63, 3.8) is 0 Å². The lowest BCUT2D eigenvalue weighted by atomic mass is 10.00. The van der Waals surface area contributed by atoms with E-state index in [1.54, 1.807) is 0 Å². The Morgan fingerprint density at radius 2 is 2.37 bits per heavy atom. The molecule has 1 N–H and O–H groups in total. The highest BCUT2D eigenvalue weighted by atomic mass is 16.5. The Hall–Kier alpha value is -1.66. The van der Waals surface area contributed by atoms with E-state index in [0.717, 1.165) is 29.0 Å². The number of aliphatic hydroxyl groups excluding tert-OH is 1. The van der Waals surface area contributed by atoms with Gasteiger partial charge in [0.2, 0.25) is 0 Å². The van der Waals surface area contributed by atoms with E-state index in [-0.39, 0.29) is 6.10 Å². The number of terminal acetylenes is 1. The smallest absolute Gasteiger partial charge is 0.125 e. The highest BCUT2D eigenvalue weighted by Gasteiger charge is 2.24. The van der Waals surface area contributed by atoms with Gasteiger partial charge < -0.3 is 14.6 Å². The number of hydrogen-bond donors (Lipinski definition) is 1. The molecule has 1 aromatic rings. The summed E-state index contributed by atoms with van der Waals surface area (Å²) in [5, 5.41) is 10.2. The van der Waals surface area contributed by atoms with Gasteiger partial charge in [-0.1, -0.05) is 0 Å². The molecule has 2 rings (SSSR count). The van der Waals surface area contributed by atoms with E-state index in [9.17, 15) is 5.11 Å². The molecule has 0 aromatic heterocycles. The fourth-order valence-corrected chi connectivity index (χ4v) is 2.37. The molecule has 0 fully saturated rings. The third-order valence-electron chi connectivity index (χ3n) is 3.25. The molecule has 1 heterocycles. The van der Waals surface area contributed by atoms with Gasteiger partial charge in [-0.2, -0.15) is 0 Å². The second-order valence-electron chi connectivity index (χ2n) is 4.82. The summed E-state index contributed by atoms with van der Waals surface area (Å²) in [6.45, 7) is 4.54. The first-order valence-electron chi connectivity index (χ1n) is 6.73. The van der Waals surface area contributed by atoms with Crippen LogP contribution < -0.4 is 9.47 Å². The van der Waals surface area contributed by atoms with Gasteiger partial charge in [0.25, 0.3) is 0 Å². The van der Waals surface area contributed by atoms with Crippen LogP contribution in [0.25, 0.3) is 0 Å². The van der Waals surface area contributed by atoms with Gasteiger partial charge in [0, 0.05) is 24.0 Å². The Labute approximate surface area is 114 Å². The Kier molecular flexibility index (Phi) is 4.34. The number of fused-ring (bicyclic) bond motifs is 1. The first-order chi connectivity index (χ1) is 9.15. The van der Waals surface area contributed by atoms with Crippen molar-refractivity contribution in [2.75, 3.05) is 6.61 Å². The van der Waals surface area contributed by atoms with E-state index in [1.807, 2.05) is 26.0 Å². The van der Waals surface area contributed by atoms with Crippen molar-refractivity contribution in [1.29, 1.82) is 0 Å². The number of aliphatic hydroxyl groups is 1. The third kappa shape index (κ3) is 3.02. The second kappa shape index (κ2) is 5.99. The van der Waals surface area contributed by atoms with Gasteiger partial charge in [-0.25, -0.2) is 0 Å². The van der Waals surface area contributed by atoms with Crippen LogP contribution in [0.4, 0.5) is 0 Å². The van der Waals surface area contributed by atoms with Crippen LogP contribution in [-0.2, 0) is 6.42 Å². The normalized spacial score (nSPS) is 18.3. The number of benzene rings is 1. The monoisotopic (exact) mass is 260 g/mol. The lowest BCUT2D eigenvalue weighted by Gasteiger charge is -2.16. The Morgan fingerprint density at radius 3 is 3.05 bits per heavy atom. The van der Waals surface area contributed by atoms with Crippen molar-refractivity contribution in [3.8, 4) is 23.8 Å². The van der Waals surface area contributed by atoms with E-state index < -0.39 is 6.10 Å². The Morgan fingerprint density at radius 1 is 1.58 bits per heavy atom. The molecule has 0 aliphatic carbocycles. The van der Waals surface area contributed by atoms with E-state index in [4.69, 9.17) is 15.9 Å². The first-order valence-corrected chi connectivity index (χ1v) is 6.73. The second-order valence-corrected chi connectivity index (χ2v) is 4.82. The van der Waals surface area contributed by atoms with Crippen LogP contribution in [-0.4, -0.2) is 17.8 Å². The van der Waals surface area contributed by atoms with Crippen LogP contribution in [0.1, 0.15) is 43.9 Å². The molecule has 0 spiro atoms. The van der Waals surface area contributed by atoms with Crippen LogP contribution in [0.5, 0.6) is 11.5 Å². The molecule has 0 bridgehead atoms. The van der Waals surface area contributed by atoms with E-state index >= 15 is 0 Å². The number of rotatable bonds is 5. The maximum atomic E-state index is 10.2. The average Bonchev–Trinajstić information content (AvgIpc) is 2.74. The topological polar surface area (TPSA) is 38.7 Å². The van der Waals surface area contributed by atoms with Crippen molar-refractivity contribution in [2.24, 2.45) is 0 Å². The summed E-state index contributed by atoms with van der Waals surface area (Å²) in [6.07, 6.45) is 6.78. The molecule has 1 aliphatic heterocycles. The fourth-order valence-electron chi connectivity index (χ4n) is 2.37. The SMILES string of the molecule is C#CCCC(O)c1cc2c(cc1OCC)CC(C)O2.